The molecule has 2 aliphatic rings. The molecule has 0 unspecified atom stereocenters. The summed E-state index contributed by atoms with van der Waals surface area (Å²) < 4.78 is 13.3. The maximum atomic E-state index is 13.3. The topological polar surface area (TPSA) is 32.3 Å². The van der Waals surface area contributed by atoms with Gasteiger partial charge in [0.2, 0.25) is 5.91 Å². The maximum Gasteiger partial charge on any atom is 0.227 e. The number of nitrogens with zero attached hydrogens (tertiary/aromatic N) is 1. The van der Waals surface area contributed by atoms with Gasteiger partial charge in [0.25, 0.3) is 0 Å². The standard InChI is InChI=1S/C19H26ClFN2O/c20-16-11-17(21)13-18(12-16)22-19(24)15-6-9-23(10-7-15)8-5-14-3-1-2-4-14/h11-15H,1-10H2,(H,22,24). The predicted octanol–water partition coefficient (Wildman–Crippen LogP) is 4.71. The number of carbonyl (C=O) groups excluding carboxylic acids is 1. The zero-order valence-corrected chi connectivity index (χ0v) is 14.8. The lowest BCUT2D eigenvalue weighted by molar-refractivity contribution is -0.121. The summed E-state index contributed by atoms with van der Waals surface area (Å²) in [7, 11) is 0. The Labute approximate surface area is 148 Å². The summed E-state index contributed by atoms with van der Waals surface area (Å²) in [5.74, 6) is 0.477. The molecule has 2 fully saturated rings. The monoisotopic (exact) mass is 352 g/mol. The Hall–Kier alpha value is -1.13. The number of nitrogens with one attached hydrogen (secondary N) is 1. The molecule has 3 rings (SSSR count). The third kappa shape index (κ3) is 4.93. The summed E-state index contributed by atoms with van der Waals surface area (Å²) in [4.78, 5) is 14.9. The Bertz CT molecular complexity index is 546. The van der Waals surface area contributed by atoms with Crippen LogP contribution < -0.4 is 5.32 Å². The first kappa shape index (κ1) is 17.7. The highest BCUT2D eigenvalue weighted by Crippen LogP contribution is 2.28. The number of benzene rings is 1. The molecule has 1 N–H and O–H groups in total. The normalized spacial score (nSPS) is 20.4. The highest BCUT2D eigenvalue weighted by molar-refractivity contribution is 6.30. The largest absolute Gasteiger partial charge is 0.326 e. The van der Waals surface area contributed by atoms with Crippen LogP contribution in [0.1, 0.15) is 44.9 Å². The molecule has 1 heterocycles. The molecular formula is C19H26ClFN2O. The fourth-order valence-electron chi connectivity index (χ4n) is 3.95. The third-order valence-corrected chi connectivity index (χ3v) is 5.63. The van der Waals surface area contributed by atoms with E-state index < -0.39 is 5.82 Å². The van der Waals surface area contributed by atoms with Crippen molar-refractivity contribution in [3.63, 3.8) is 0 Å². The summed E-state index contributed by atoms with van der Waals surface area (Å²) in [5.41, 5.74) is 0.439. The third-order valence-electron chi connectivity index (χ3n) is 5.42. The van der Waals surface area contributed by atoms with Crippen molar-refractivity contribution < 1.29 is 9.18 Å². The highest BCUT2D eigenvalue weighted by Gasteiger charge is 2.25. The van der Waals surface area contributed by atoms with Gasteiger partial charge >= 0.3 is 0 Å². The van der Waals surface area contributed by atoms with Crippen LogP contribution in [-0.4, -0.2) is 30.4 Å². The van der Waals surface area contributed by atoms with Crippen LogP contribution in [0.2, 0.25) is 5.02 Å². The Morgan fingerprint density at radius 2 is 1.88 bits per heavy atom. The molecule has 0 bridgehead atoms. The van der Waals surface area contributed by atoms with Gasteiger partial charge < -0.3 is 10.2 Å². The minimum atomic E-state index is -0.431. The van der Waals surface area contributed by atoms with Crippen molar-refractivity contribution in [2.24, 2.45) is 11.8 Å². The number of likely N-dealkylation sites (tertiary alicyclic amines) is 1. The first-order chi connectivity index (χ1) is 11.6. The summed E-state index contributed by atoms with van der Waals surface area (Å²) in [6, 6.07) is 4.12. The predicted molar refractivity (Wildman–Crippen MR) is 95.8 cm³/mol. The fourth-order valence-corrected chi connectivity index (χ4v) is 4.18. The van der Waals surface area contributed by atoms with Crippen molar-refractivity contribution in [3.05, 3.63) is 29.0 Å². The van der Waals surface area contributed by atoms with E-state index in [1.54, 1.807) is 6.07 Å². The molecule has 0 radical (unpaired) electrons. The van der Waals surface area contributed by atoms with Gasteiger partial charge in [-0.25, -0.2) is 4.39 Å². The van der Waals surface area contributed by atoms with Crippen molar-refractivity contribution in [2.45, 2.75) is 44.9 Å². The van der Waals surface area contributed by atoms with E-state index in [4.69, 9.17) is 11.6 Å². The molecular weight excluding hydrogens is 327 g/mol. The van der Waals surface area contributed by atoms with Gasteiger partial charge in [-0.3, -0.25) is 4.79 Å². The van der Waals surface area contributed by atoms with Crippen LogP contribution in [0.3, 0.4) is 0 Å². The zero-order chi connectivity index (χ0) is 16.9. The number of rotatable bonds is 5. The average Bonchev–Trinajstić information content (AvgIpc) is 3.06. The number of hydrogen-bond acceptors (Lipinski definition) is 2. The molecule has 1 aromatic rings. The molecule has 1 saturated carbocycles. The second-order valence-corrected chi connectivity index (χ2v) is 7.64. The van der Waals surface area contributed by atoms with E-state index >= 15 is 0 Å². The number of anilines is 1. The second kappa shape index (κ2) is 8.30. The summed E-state index contributed by atoms with van der Waals surface area (Å²) in [5, 5.41) is 3.10. The molecule has 1 aliphatic carbocycles. The van der Waals surface area contributed by atoms with Crippen LogP contribution in [0.4, 0.5) is 10.1 Å². The van der Waals surface area contributed by atoms with Gasteiger partial charge in [0.15, 0.2) is 0 Å². The molecule has 5 heteroatoms. The smallest absolute Gasteiger partial charge is 0.227 e. The minimum absolute atomic E-state index is 0.00905. The molecule has 0 spiro atoms. The molecule has 132 valence electrons. The summed E-state index contributed by atoms with van der Waals surface area (Å²) in [6.45, 7) is 3.13. The number of amides is 1. The lowest BCUT2D eigenvalue weighted by Crippen LogP contribution is -2.39. The van der Waals surface area contributed by atoms with Crippen molar-refractivity contribution in [1.82, 2.24) is 4.90 Å². The molecule has 3 nitrogen and oxygen atoms in total. The number of carbonyl (C=O) groups is 1. The van der Waals surface area contributed by atoms with E-state index in [-0.39, 0.29) is 11.8 Å². The van der Waals surface area contributed by atoms with E-state index in [2.05, 4.69) is 10.2 Å². The van der Waals surface area contributed by atoms with Crippen LogP contribution in [0.25, 0.3) is 0 Å². The van der Waals surface area contributed by atoms with Gasteiger partial charge in [-0.05, 0) is 63.0 Å². The van der Waals surface area contributed by atoms with Crippen molar-refractivity contribution >= 4 is 23.2 Å². The van der Waals surface area contributed by atoms with Crippen molar-refractivity contribution in [2.75, 3.05) is 25.0 Å². The van der Waals surface area contributed by atoms with E-state index in [1.807, 2.05) is 0 Å². The second-order valence-electron chi connectivity index (χ2n) is 7.20. The van der Waals surface area contributed by atoms with Crippen molar-refractivity contribution in [1.29, 1.82) is 0 Å². The lowest BCUT2D eigenvalue weighted by Gasteiger charge is -2.31. The van der Waals surface area contributed by atoms with Gasteiger partial charge in [-0.1, -0.05) is 37.3 Å². The van der Waals surface area contributed by atoms with Crippen LogP contribution in [0, 0.1) is 17.7 Å². The Kier molecular flexibility index (Phi) is 6.12. The minimum Gasteiger partial charge on any atom is -0.326 e. The molecule has 1 aromatic carbocycles. The van der Waals surface area contributed by atoms with Gasteiger partial charge in [-0.2, -0.15) is 0 Å². The zero-order valence-electron chi connectivity index (χ0n) is 14.1. The van der Waals surface area contributed by atoms with E-state index in [9.17, 15) is 9.18 Å². The Balaban J connectivity index is 1.42. The molecule has 0 aromatic heterocycles. The molecule has 1 saturated heterocycles. The van der Waals surface area contributed by atoms with Gasteiger partial charge in [0, 0.05) is 16.6 Å². The maximum absolute atomic E-state index is 13.3. The van der Waals surface area contributed by atoms with E-state index in [0.717, 1.165) is 31.8 Å². The first-order valence-electron chi connectivity index (χ1n) is 9.09. The van der Waals surface area contributed by atoms with Gasteiger partial charge in [-0.15, -0.1) is 0 Å². The lowest BCUT2D eigenvalue weighted by atomic mass is 9.95. The van der Waals surface area contributed by atoms with Gasteiger partial charge in [0.1, 0.15) is 5.82 Å². The van der Waals surface area contributed by atoms with Crippen LogP contribution >= 0.6 is 11.6 Å². The SMILES string of the molecule is O=C(Nc1cc(F)cc(Cl)c1)C1CCN(CCC2CCCC2)CC1. The summed E-state index contributed by atoms with van der Waals surface area (Å²) in [6.07, 6.45) is 8.65. The van der Waals surface area contributed by atoms with E-state index in [0.29, 0.717) is 10.7 Å². The van der Waals surface area contributed by atoms with Crippen LogP contribution in [0.15, 0.2) is 18.2 Å². The molecule has 1 aliphatic heterocycles. The quantitative estimate of drug-likeness (QED) is 0.832. The Morgan fingerprint density at radius 1 is 1.17 bits per heavy atom. The number of piperidine rings is 1. The van der Waals surface area contributed by atoms with Crippen LogP contribution in [-0.2, 0) is 4.79 Å². The van der Waals surface area contributed by atoms with Gasteiger partial charge in [0.05, 0.1) is 0 Å². The molecule has 1 amide bonds. The average molecular weight is 353 g/mol. The highest BCUT2D eigenvalue weighted by atomic mass is 35.5. The molecule has 24 heavy (non-hydrogen) atoms. The van der Waals surface area contributed by atoms with E-state index in [1.165, 1.54) is 50.8 Å². The molecule has 0 atom stereocenters. The summed E-state index contributed by atoms with van der Waals surface area (Å²) >= 11 is 5.83. The number of hydrogen-bond donors (Lipinski definition) is 1. The van der Waals surface area contributed by atoms with Crippen LogP contribution in [0.5, 0.6) is 0 Å². The number of halogens is 2. The van der Waals surface area contributed by atoms with Crippen molar-refractivity contribution in [3.8, 4) is 0 Å². The Morgan fingerprint density at radius 3 is 2.54 bits per heavy atom. The first-order valence-corrected chi connectivity index (χ1v) is 9.47. The fraction of sp³-hybridized carbons (Fsp3) is 0.632.